The first-order chi connectivity index (χ1) is 11.9. The molecule has 2 aromatic heterocycles. The minimum atomic E-state index is -1.58. The van der Waals surface area contributed by atoms with Crippen LogP contribution >= 0.6 is 0 Å². The Balaban J connectivity index is 2.13. The molecule has 1 fully saturated rings. The summed E-state index contributed by atoms with van der Waals surface area (Å²) in [6.45, 7) is 1.33. The average molecular weight is 350 g/mol. The molecule has 5 N–H and O–H groups in total. The molecule has 9 heteroatoms. The highest BCUT2D eigenvalue weighted by molar-refractivity contribution is 5.94. The van der Waals surface area contributed by atoms with Gasteiger partial charge in [0.25, 0.3) is 0 Å². The fourth-order valence-electron chi connectivity index (χ4n) is 3.18. The topological polar surface area (TPSA) is 136 Å². The van der Waals surface area contributed by atoms with E-state index in [4.69, 9.17) is 20.3 Å². The zero-order valence-corrected chi connectivity index (χ0v) is 14.0. The highest BCUT2D eigenvalue weighted by Crippen LogP contribution is 2.41. The van der Waals surface area contributed by atoms with Gasteiger partial charge < -0.3 is 35.1 Å². The lowest BCUT2D eigenvalue weighted by atomic mass is 9.95. The number of fused-ring (bicyclic) bond motifs is 1. The maximum atomic E-state index is 10.8. The van der Waals surface area contributed by atoms with Crippen molar-refractivity contribution in [2.24, 2.45) is 0 Å². The summed E-state index contributed by atoms with van der Waals surface area (Å²) >= 11 is 0. The molecule has 0 amide bonds. The summed E-state index contributed by atoms with van der Waals surface area (Å²) in [5.74, 6) is 0.282. The van der Waals surface area contributed by atoms with Crippen molar-refractivity contribution in [1.82, 2.24) is 14.5 Å². The molecule has 25 heavy (non-hydrogen) atoms. The third-order valence-electron chi connectivity index (χ3n) is 4.47. The zero-order chi connectivity index (χ0) is 18.2. The molecule has 0 spiro atoms. The Bertz CT molecular complexity index is 788. The summed E-state index contributed by atoms with van der Waals surface area (Å²) in [5, 5.41) is 30.9. The molecule has 0 aromatic carbocycles. The average Bonchev–Trinajstić information content (AvgIpc) is 3.04. The van der Waals surface area contributed by atoms with Crippen LogP contribution in [0.15, 0.2) is 18.8 Å². The molecular weight excluding hydrogens is 328 g/mol. The number of methoxy groups -OCH3 is 1. The van der Waals surface area contributed by atoms with Crippen molar-refractivity contribution in [3.8, 4) is 0 Å². The van der Waals surface area contributed by atoms with E-state index >= 15 is 0 Å². The van der Waals surface area contributed by atoms with Crippen LogP contribution in [-0.2, 0) is 9.47 Å². The molecule has 3 heterocycles. The SMILES string of the molecule is CO/C=C\c1cn(C2OC(CCO)C(O)[C@@]2(C)O)c2ncnc(N)c12. The molecule has 4 atom stereocenters. The number of aliphatic hydroxyl groups excluding tert-OH is 2. The molecule has 0 radical (unpaired) electrons. The van der Waals surface area contributed by atoms with Gasteiger partial charge in [-0.1, -0.05) is 0 Å². The smallest absolute Gasteiger partial charge is 0.166 e. The van der Waals surface area contributed by atoms with Crippen molar-refractivity contribution in [2.75, 3.05) is 19.5 Å². The lowest BCUT2D eigenvalue weighted by Crippen LogP contribution is -2.43. The molecular formula is C16H22N4O5. The van der Waals surface area contributed by atoms with Gasteiger partial charge in [-0.05, 0) is 19.4 Å². The van der Waals surface area contributed by atoms with Gasteiger partial charge in [0.15, 0.2) is 6.23 Å². The number of nitrogens with zero attached hydrogens (tertiary/aromatic N) is 3. The van der Waals surface area contributed by atoms with Gasteiger partial charge in [0, 0.05) is 18.4 Å². The van der Waals surface area contributed by atoms with E-state index in [0.717, 1.165) is 0 Å². The van der Waals surface area contributed by atoms with E-state index in [-0.39, 0.29) is 18.8 Å². The highest BCUT2D eigenvalue weighted by atomic mass is 16.6. The summed E-state index contributed by atoms with van der Waals surface area (Å²) in [5.41, 5.74) is 5.56. The van der Waals surface area contributed by atoms with E-state index in [0.29, 0.717) is 16.6 Å². The van der Waals surface area contributed by atoms with Gasteiger partial charge in [0.05, 0.1) is 24.9 Å². The predicted molar refractivity (Wildman–Crippen MR) is 90.2 cm³/mol. The van der Waals surface area contributed by atoms with Crippen molar-refractivity contribution in [1.29, 1.82) is 0 Å². The van der Waals surface area contributed by atoms with Gasteiger partial charge in [-0.15, -0.1) is 0 Å². The number of hydrogen-bond acceptors (Lipinski definition) is 8. The predicted octanol–water partition coefficient (Wildman–Crippen LogP) is 0.0223. The van der Waals surface area contributed by atoms with Crippen LogP contribution in [-0.4, -0.2) is 61.4 Å². The Hall–Kier alpha value is -2.20. The van der Waals surface area contributed by atoms with E-state index in [9.17, 15) is 10.2 Å². The summed E-state index contributed by atoms with van der Waals surface area (Å²) in [7, 11) is 1.52. The Morgan fingerprint density at radius 3 is 2.92 bits per heavy atom. The lowest BCUT2D eigenvalue weighted by Gasteiger charge is -2.27. The van der Waals surface area contributed by atoms with Crippen LogP contribution in [0.3, 0.4) is 0 Å². The van der Waals surface area contributed by atoms with Crippen LogP contribution < -0.4 is 5.73 Å². The standard InChI is InChI=1S/C16H22N4O5/c1-16(23)12(22)10(3-5-21)25-15(16)20-7-9(4-6-24-2)11-13(17)18-8-19-14(11)20/h4,6-8,10,12,15,21-23H,3,5H2,1-2H3,(H2,17,18,19)/b6-4-/t10?,12?,15?,16-/m1/s1. The maximum Gasteiger partial charge on any atom is 0.166 e. The van der Waals surface area contributed by atoms with Crippen LogP contribution in [0.4, 0.5) is 5.82 Å². The van der Waals surface area contributed by atoms with Crippen molar-refractivity contribution < 1.29 is 24.8 Å². The van der Waals surface area contributed by atoms with Gasteiger partial charge in [0.1, 0.15) is 29.5 Å². The van der Waals surface area contributed by atoms with Gasteiger partial charge in [-0.25, -0.2) is 9.97 Å². The van der Waals surface area contributed by atoms with Gasteiger partial charge >= 0.3 is 0 Å². The number of aromatic nitrogens is 3. The summed E-state index contributed by atoms with van der Waals surface area (Å²) in [6, 6.07) is 0. The molecule has 136 valence electrons. The molecule has 0 saturated carbocycles. The van der Waals surface area contributed by atoms with Crippen molar-refractivity contribution >= 4 is 22.9 Å². The number of anilines is 1. The minimum Gasteiger partial charge on any atom is -0.504 e. The van der Waals surface area contributed by atoms with Gasteiger partial charge in [0.2, 0.25) is 0 Å². The van der Waals surface area contributed by atoms with Crippen LogP contribution in [0.1, 0.15) is 25.1 Å². The maximum absolute atomic E-state index is 10.8. The van der Waals surface area contributed by atoms with E-state index in [2.05, 4.69) is 9.97 Å². The minimum absolute atomic E-state index is 0.159. The first-order valence-electron chi connectivity index (χ1n) is 7.89. The Morgan fingerprint density at radius 2 is 2.24 bits per heavy atom. The second-order valence-electron chi connectivity index (χ2n) is 6.20. The molecule has 1 aliphatic rings. The molecule has 2 aromatic rings. The van der Waals surface area contributed by atoms with Gasteiger partial charge in [-0.3, -0.25) is 0 Å². The second-order valence-corrected chi connectivity index (χ2v) is 6.20. The number of aliphatic hydroxyl groups is 3. The van der Waals surface area contributed by atoms with Crippen LogP contribution in [0.2, 0.25) is 0 Å². The largest absolute Gasteiger partial charge is 0.504 e. The summed E-state index contributed by atoms with van der Waals surface area (Å²) < 4.78 is 12.4. The highest BCUT2D eigenvalue weighted by Gasteiger charge is 2.53. The van der Waals surface area contributed by atoms with Crippen LogP contribution in [0.5, 0.6) is 0 Å². The Kier molecular flexibility index (Phi) is 4.65. The van der Waals surface area contributed by atoms with Crippen molar-refractivity contribution in [2.45, 2.75) is 37.4 Å². The Morgan fingerprint density at radius 1 is 1.48 bits per heavy atom. The first-order valence-corrected chi connectivity index (χ1v) is 7.89. The van der Waals surface area contributed by atoms with Crippen molar-refractivity contribution in [3.63, 3.8) is 0 Å². The molecule has 1 saturated heterocycles. The van der Waals surface area contributed by atoms with Crippen LogP contribution in [0, 0.1) is 0 Å². The van der Waals surface area contributed by atoms with E-state index in [1.807, 2.05) is 0 Å². The number of hydrogen-bond donors (Lipinski definition) is 4. The molecule has 3 rings (SSSR count). The van der Waals surface area contributed by atoms with E-state index < -0.39 is 24.0 Å². The molecule has 0 bridgehead atoms. The number of rotatable bonds is 5. The third-order valence-corrected chi connectivity index (χ3v) is 4.47. The lowest BCUT2D eigenvalue weighted by molar-refractivity contribution is -0.0941. The van der Waals surface area contributed by atoms with E-state index in [1.54, 1.807) is 16.8 Å². The number of nitrogens with two attached hydrogens (primary N) is 1. The fourth-order valence-corrected chi connectivity index (χ4v) is 3.18. The Labute approximate surface area is 144 Å². The van der Waals surface area contributed by atoms with Crippen molar-refractivity contribution in [3.05, 3.63) is 24.3 Å². The van der Waals surface area contributed by atoms with Gasteiger partial charge in [-0.2, -0.15) is 0 Å². The third kappa shape index (κ3) is 2.85. The molecule has 9 nitrogen and oxygen atoms in total. The first kappa shape index (κ1) is 17.6. The number of ether oxygens (including phenoxy) is 2. The monoisotopic (exact) mass is 350 g/mol. The molecule has 0 aliphatic carbocycles. The summed E-state index contributed by atoms with van der Waals surface area (Å²) in [6.07, 6.45) is 3.67. The molecule has 1 aliphatic heterocycles. The fraction of sp³-hybridized carbons (Fsp3) is 0.500. The van der Waals surface area contributed by atoms with E-state index in [1.165, 1.54) is 26.6 Å². The second kappa shape index (κ2) is 6.60. The summed E-state index contributed by atoms with van der Waals surface area (Å²) in [4.78, 5) is 8.26. The van der Waals surface area contributed by atoms with Crippen LogP contribution in [0.25, 0.3) is 17.1 Å². The zero-order valence-electron chi connectivity index (χ0n) is 14.0. The normalized spacial score (nSPS) is 29.7. The number of nitrogen functional groups attached to an aromatic ring is 1. The quantitative estimate of drug-likeness (QED) is 0.554. The molecule has 3 unspecified atom stereocenters.